The molecule has 0 aliphatic heterocycles. The van der Waals surface area contributed by atoms with E-state index in [-0.39, 0.29) is 30.5 Å². The van der Waals surface area contributed by atoms with E-state index in [0.29, 0.717) is 6.54 Å². The lowest BCUT2D eigenvalue weighted by Gasteiger charge is -2.24. The van der Waals surface area contributed by atoms with Gasteiger partial charge in [0, 0.05) is 32.3 Å². The van der Waals surface area contributed by atoms with Crippen molar-refractivity contribution in [2.75, 3.05) is 25.5 Å². The molecule has 10 nitrogen and oxygen atoms in total. The lowest BCUT2D eigenvalue weighted by atomic mass is 9.98. The summed E-state index contributed by atoms with van der Waals surface area (Å²) in [5, 5.41) is 18.7. The van der Waals surface area contributed by atoms with Gasteiger partial charge in [0.1, 0.15) is 12.6 Å². The van der Waals surface area contributed by atoms with E-state index in [1.165, 1.54) is 10.9 Å². The van der Waals surface area contributed by atoms with Gasteiger partial charge in [-0.2, -0.15) is 5.10 Å². The highest BCUT2D eigenvalue weighted by Gasteiger charge is 2.30. The van der Waals surface area contributed by atoms with Gasteiger partial charge in [-0.05, 0) is 34.9 Å². The maximum Gasteiger partial charge on any atom is 0.407 e. The van der Waals surface area contributed by atoms with E-state index >= 15 is 0 Å². The van der Waals surface area contributed by atoms with Gasteiger partial charge in [0.15, 0.2) is 5.69 Å². The number of benzene rings is 3. The minimum atomic E-state index is -1.27. The number of amides is 2. The molecule has 4 aromatic rings. The minimum absolute atomic E-state index is 0.0371. The van der Waals surface area contributed by atoms with Gasteiger partial charge in [0.2, 0.25) is 5.91 Å². The number of anilines is 1. The number of ether oxygens (including phenoxy) is 1. The standard InChI is InChI=1S/C31H31N5O5/c1-35(16-20-10-4-3-5-11-20)17-27(29(37)32-26-18-36(2)34-28(26)30(38)39)33-31(40)41-19-25-23-14-8-6-12-21(23)22-13-7-9-15-24(22)25/h3-15,18,25,27H,16-17,19H2,1-2H3,(H,32,37)(H,33,40)(H,38,39). The number of likely N-dealkylation sites (N-methyl/N-ethyl adjacent to an activating group) is 1. The van der Waals surface area contributed by atoms with Gasteiger partial charge in [-0.25, -0.2) is 9.59 Å². The van der Waals surface area contributed by atoms with E-state index < -0.39 is 24.0 Å². The van der Waals surface area contributed by atoms with E-state index in [4.69, 9.17) is 4.74 Å². The van der Waals surface area contributed by atoms with Crippen molar-refractivity contribution in [2.24, 2.45) is 7.05 Å². The monoisotopic (exact) mass is 553 g/mol. The van der Waals surface area contributed by atoms with Crippen molar-refractivity contribution >= 4 is 23.7 Å². The first-order valence-corrected chi connectivity index (χ1v) is 13.2. The number of carbonyl (C=O) groups is 3. The highest BCUT2D eigenvalue weighted by molar-refractivity contribution is 6.01. The zero-order chi connectivity index (χ0) is 28.9. The molecule has 1 aromatic heterocycles. The van der Waals surface area contributed by atoms with Crippen LogP contribution in [0, 0.1) is 0 Å². The molecule has 0 radical (unpaired) electrons. The Hall–Kier alpha value is -4.96. The van der Waals surface area contributed by atoms with Crippen molar-refractivity contribution in [1.29, 1.82) is 0 Å². The average molecular weight is 554 g/mol. The summed E-state index contributed by atoms with van der Waals surface area (Å²) in [6, 6.07) is 24.8. The van der Waals surface area contributed by atoms with E-state index in [9.17, 15) is 19.5 Å². The van der Waals surface area contributed by atoms with Gasteiger partial charge in [0.05, 0.1) is 5.69 Å². The Kier molecular flexibility index (Phi) is 8.11. The maximum absolute atomic E-state index is 13.4. The fourth-order valence-electron chi connectivity index (χ4n) is 5.21. The molecule has 3 aromatic carbocycles. The quantitative estimate of drug-likeness (QED) is 0.270. The summed E-state index contributed by atoms with van der Waals surface area (Å²) in [6.45, 7) is 0.775. The summed E-state index contributed by atoms with van der Waals surface area (Å²) in [5.74, 6) is -1.99. The number of aromatic carboxylic acids is 1. The predicted molar refractivity (Wildman–Crippen MR) is 154 cm³/mol. The second kappa shape index (κ2) is 12.1. The topological polar surface area (TPSA) is 126 Å². The molecule has 1 heterocycles. The molecule has 1 unspecified atom stereocenters. The molecule has 0 fully saturated rings. The Labute approximate surface area is 237 Å². The van der Waals surface area contributed by atoms with Crippen LogP contribution in [0.1, 0.15) is 33.1 Å². The number of aryl methyl sites for hydroxylation is 1. The summed E-state index contributed by atoms with van der Waals surface area (Å²) in [4.78, 5) is 39.9. The van der Waals surface area contributed by atoms with E-state index in [2.05, 4.69) is 27.9 Å². The Bertz CT molecular complexity index is 1520. The molecule has 0 saturated carbocycles. The minimum Gasteiger partial charge on any atom is -0.476 e. The van der Waals surface area contributed by atoms with E-state index in [1.807, 2.05) is 78.7 Å². The van der Waals surface area contributed by atoms with Gasteiger partial charge < -0.3 is 20.5 Å². The first kappa shape index (κ1) is 27.6. The molecular formula is C31H31N5O5. The van der Waals surface area contributed by atoms with Crippen LogP contribution in [0.3, 0.4) is 0 Å². The molecule has 3 N–H and O–H groups in total. The molecule has 41 heavy (non-hydrogen) atoms. The highest BCUT2D eigenvalue weighted by Crippen LogP contribution is 2.44. The lowest BCUT2D eigenvalue weighted by Crippen LogP contribution is -2.50. The molecule has 0 spiro atoms. The largest absolute Gasteiger partial charge is 0.476 e. The Balaban J connectivity index is 1.30. The normalized spacial score (nSPS) is 12.9. The third-order valence-electron chi connectivity index (χ3n) is 7.03. The number of nitrogens with one attached hydrogen (secondary N) is 2. The molecule has 210 valence electrons. The van der Waals surface area contributed by atoms with Gasteiger partial charge >= 0.3 is 12.1 Å². The summed E-state index contributed by atoms with van der Waals surface area (Å²) in [5.41, 5.74) is 5.17. The number of carboxylic acids is 1. The van der Waals surface area contributed by atoms with Gasteiger partial charge in [-0.1, -0.05) is 78.9 Å². The number of hydrogen-bond donors (Lipinski definition) is 3. The van der Waals surface area contributed by atoms with E-state index in [0.717, 1.165) is 27.8 Å². The first-order chi connectivity index (χ1) is 19.8. The first-order valence-electron chi connectivity index (χ1n) is 13.2. The maximum atomic E-state index is 13.4. The number of carboxylic acid groups (broad SMARTS) is 1. The molecule has 10 heteroatoms. The molecule has 1 aliphatic carbocycles. The van der Waals surface area contributed by atoms with Crippen molar-refractivity contribution in [1.82, 2.24) is 20.0 Å². The van der Waals surface area contributed by atoms with Gasteiger partial charge in [0.25, 0.3) is 0 Å². The fraction of sp³-hybridized carbons (Fsp3) is 0.226. The number of nitrogens with zero attached hydrogens (tertiary/aromatic N) is 3. The van der Waals surface area contributed by atoms with Crippen LogP contribution in [0.5, 0.6) is 0 Å². The van der Waals surface area contributed by atoms with Crippen molar-refractivity contribution in [3.63, 3.8) is 0 Å². The van der Waals surface area contributed by atoms with Gasteiger partial charge in [-0.3, -0.25) is 14.4 Å². The summed E-state index contributed by atoms with van der Waals surface area (Å²) >= 11 is 0. The van der Waals surface area contributed by atoms with Crippen LogP contribution in [0.15, 0.2) is 85.1 Å². The summed E-state index contributed by atoms with van der Waals surface area (Å²) in [6.07, 6.45) is 0.657. The van der Waals surface area contributed by atoms with Crippen LogP contribution in [0.25, 0.3) is 11.1 Å². The third-order valence-corrected chi connectivity index (χ3v) is 7.03. The number of alkyl carbamates (subject to hydrolysis) is 1. The SMILES string of the molecule is CN(Cc1ccccc1)CC(NC(=O)OCC1c2ccccc2-c2ccccc21)C(=O)Nc1cn(C)nc1C(=O)O. The average Bonchev–Trinajstić information content (AvgIpc) is 3.49. The Morgan fingerprint density at radius 3 is 2.22 bits per heavy atom. The fourth-order valence-corrected chi connectivity index (χ4v) is 5.21. The van der Waals surface area contributed by atoms with Crippen LogP contribution in [-0.2, 0) is 23.1 Å². The number of rotatable bonds is 10. The molecule has 1 atom stereocenters. The summed E-state index contributed by atoms with van der Waals surface area (Å²) < 4.78 is 6.98. The predicted octanol–water partition coefficient (Wildman–Crippen LogP) is 4.10. The second-order valence-electron chi connectivity index (χ2n) is 10.1. The van der Waals surface area contributed by atoms with Crippen LogP contribution in [0.4, 0.5) is 10.5 Å². The molecule has 1 aliphatic rings. The molecule has 2 amide bonds. The third kappa shape index (κ3) is 6.28. The Morgan fingerprint density at radius 1 is 0.976 bits per heavy atom. The second-order valence-corrected chi connectivity index (χ2v) is 10.1. The molecule has 0 bridgehead atoms. The van der Waals surface area contributed by atoms with Crippen molar-refractivity contribution in [2.45, 2.75) is 18.5 Å². The van der Waals surface area contributed by atoms with Crippen molar-refractivity contribution in [3.8, 4) is 11.1 Å². The van der Waals surface area contributed by atoms with E-state index in [1.54, 1.807) is 7.05 Å². The van der Waals surface area contributed by atoms with Crippen molar-refractivity contribution in [3.05, 3.63) is 107 Å². The molecular weight excluding hydrogens is 522 g/mol. The van der Waals surface area contributed by atoms with Crippen molar-refractivity contribution < 1.29 is 24.2 Å². The highest BCUT2D eigenvalue weighted by atomic mass is 16.5. The number of hydrogen-bond acceptors (Lipinski definition) is 6. The zero-order valence-electron chi connectivity index (χ0n) is 22.8. The number of carbonyl (C=O) groups excluding carboxylic acids is 2. The van der Waals surface area contributed by atoms with Gasteiger partial charge in [-0.15, -0.1) is 0 Å². The van der Waals surface area contributed by atoms with Crippen LogP contribution in [-0.4, -0.2) is 64.0 Å². The van der Waals surface area contributed by atoms with Crippen LogP contribution in [0.2, 0.25) is 0 Å². The number of fused-ring (bicyclic) bond motifs is 3. The Morgan fingerprint density at radius 2 is 1.59 bits per heavy atom. The van der Waals surface area contributed by atoms with Crippen LogP contribution >= 0.6 is 0 Å². The van der Waals surface area contributed by atoms with Crippen LogP contribution < -0.4 is 10.6 Å². The summed E-state index contributed by atoms with van der Waals surface area (Å²) in [7, 11) is 3.39. The lowest BCUT2D eigenvalue weighted by molar-refractivity contribution is -0.118. The number of aromatic nitrogens is 2. The molecule has 0 saturated heterocycles. The molecule has 5 rings (SSSR count). The zero-order valence-corrected chi connectivity index (χ0v) is 22.8. The smallest absolute Gasteiger partial charge is 0.407 e.